The fourth-order valence-electron chi connectivity index (χ4n) is 2.30. The van der Waals surface area contributed by atoms with Gasteiger partial charge >= 0.3 is 0 Å². The van der Waals surface area contributed by atoms with Crippen molar-refractivity contribution in [3.8, 4) is 5.75 Å². The summed E-state index contributed by atoms with van der Waals surface area (Å²) in [6.07, 6.45) is 3.92. The number of ether oxygens (including phenoxy) is 1. The quantitative estimate of drug-likeness (QED) is 0.813. The predicted octanol–water partition coefficient (Wildman–Crippen LogP) is 3.11. The summed E-state index contributed by atoms with van der Waals surface area (Å²) in [4.78, 5) is 14.4. The second-order valence-corrected chi connectivity index (χ2v) is 4.79. The largest absolute Gasteiger partial charge is 0.488 e. The molecule has 3 heteroatoms. The first-order valence-electron chi connectivity index (χ1n) is 6.98. The third-order valence-corrected chi connectivity index (χ3v) is 3.18. The molecule has 0 saturated carbocycles. The molecular weight excluding hydrogens is 238 g/mol. The Kier molecular flexibility index (Phi) is 4.61. The number of amides is 1. The van der Waals surface area contributed by atoms with Crippen LogP contribution in [0.4, 0.5) is 0 Å². The van der Waals surface area contributed by atoms with E-state index in [0.29, 0.717) is 6.61 Å². The molecule has 1 aliphatic heterocycles. The van der Waals surface area contributed by atoms with E-state index >= 15 is 0 Å². The van der Waals surface area contributed by atoms with Crippen LogP contribution >= 0.6 is 0 Å². The second-order valence-electron chi connectivity index (χ2n) is 4.79. The van der Waals surface area contributed by atoms with Crippen LogP contribution < -0.4 is 4.74 Å². The first-order chi connectivity index (χ1) is 9.26. The van der Waals surface area contributed by atoms with E-state index in [0.717, 1.165) is 42.8 Å². The highest BCUT2D eigenvalue weighted by molar-refractivity contribution is 5.99. The molecule has 0 aromatic heterocycles. The standard InChI is InChI=1S/C16H21NO2/c1-3-9-17(10-4-2)16(18)14-11-13-7-5-6-8-15(13)19-12-14/h5-8,11H,3-4,9-10,12H2,1-2H3. The average Bonchev–Trinajstić information content (AvgIpc) is 2.46. The summed E-state index contributed by atoms with van der Waals surface area (Å²) >= 11 is 0. The van der Waals surface area contributed by atoms with Crippen molar-refractivity contribution in [1.29, 1.82) is 0 Å². The van der Waals surface area contributed by atoms with Crippen LogP contribution in [0.5, 0.6) is 5.75 Å². The van der Waals surface area contributed by atoms with Crippen molar-refractivity contribution in [3.05, 3.63) is 35.4 Å². The molecule has 102 valence electrons. The van der Waals surface area contributed by atoms with Gasteiger partial charge in [0.15, 0.2) is 0 Å². The van der Waals surface area contributed by atoms with Gasteiger partial charge in [0.1, 0.15) is 12.4 Å². The zero-order valence-corrected chi connectivity index (χ0v) is 11.7. The topological polar surface area (TPSA) is 29.5 Å². The molecular formula is C16H21NO2. The molecule has 1 aromatic carbocycles. The van der Waals surface area contributed by atoms with Gasteiger partial charge in [-0.05, 0) is 25.0 Å². The van der Waals surface area contributed by atoms with Crippen LogP contribution in [0.2, 0.25) is 0 Å². The Balaban J connectivity index is 2.18. The Hall–Kier alpha value is -1.77. The van der Waals surface area contributed by atoms with Crippen molar-refractivity contribution in [1.82, 2.24) is 4.90 Å². The summed E-state index contributed by atoms with van der Waals surface area (Å²) in [6, 6.07) is 7.82. The Morgan fingerprint density at radius 2 is 1.89 bits per heavy atom. The lowest BCUT2D eigenvalue weighted by molar-refractivity contribution is -0.127. The van der Waals surface area contributed by atoms with Gasteiger partial charge < -0.3 is 9.64 Å². The van der Waals surface area contributed by atoms with E-state index < -0.39 is 0 Å². The van der Waals surface area contributed by atoms with Gasteiger partial charge in [0.2, 0.25) is 0 Å². The van der Waals surface area contributed by atoms with Crippen LogP contribution in [0.3, 0.4) is 0 Å². The van der Waals surface area contributed by atoms with Gasteiger partial charge in [0.05, 0.1) is 5.57 Å². The SMILES string of the molecule is CCCN(CCC)C(=O)C1=Cc2ccccc2OC1. The summed E-state index contributed by atoms with van der Waals surface area (Å²) < 4.78 is 5.65. The lowest BCUT2D eigenvalue weighted by Crippen LogP contribution is -2.35. The zero-order valence-electron chi connectivity index (χ0n) is 11.7. The monoisotopic (exact) mass is 259 g/mol. The molecule has 0 N–H and O–H groups in total. The second kappa shape index (κ2) is 6.41. The maximum atomic E-state index is 12.5. The molecule has 3 nitrogen and oxygen atoms in total. The number of nitrogens with zero attached hydrogens (tertiary/aromatic N) is 1. The fraction of sp³-hybridized carbons (Fsp3) is 0.438. The third-order valence-electron chi connectivity index (χ3n) is 3.18. The van der Waals surface area contributed by atoms with E-state index in [4.69, 9.17) is 4.74 Å². The van der Waals surface area contributed by atoms with E-state index in [-0.39, 0.29) is 5.91 Å². The minimum Gasteiger partial charge on any atom is -0.488 e. The van der Waals surface area contributed by atoms with Crippen molar-refractivity contribution in [3.63, 3.8) is 0 Å². The van der Waals surface area contributed by atoms with Gasteiger partial charge in [-0.15, -0.1) is 0 Å². The van der Waals surface area contributed by atoms with Crippen molar-refractivity contribution in [2.75, 3.05) is 19.7 Å². The zero-order chi connectivity index (χ0) is 13.7. The summed E-state index contributed by atoms with van der Waals surface area (Å²) in [5.41, 5.74) is 1.74. The number of para-hydroxylation sites is 1. The molecule has 1 aromatic rings. The van der Waals surface area contributed by atoms with E-state index in [1.54, 1.807) is 0 Å². The molecule has 1 heterocycles. The number of benzene rings is 1. The van der Waals surface area contributed by atoms with Crippen LogP contribution in [0.25, 0.3) is 6.08 Å². The molecule has 1 aliphatic rings. The van der Waals surface area contributed by atoms with Crippen molar-refractivity contribution >= 4 is 12.0 Å². The molecule has 0 bridgehead atoms. The molecule has 0 aliphatic carbocycles. The third kappa shape index (κ3) is 3.16. The van der Waals surface area contributed by atoms with Crippen molar-refractivity contribution in [2.24, 2.45) is 0 Å². The molecule has 0 unspecified atom stereocenters. The van der Waals surface area contributed by atoms with Gasteiger partial charge in [-0.25, -0.2) is 0 Å². The lowest BCUT2D eigenvalue weighted by Gasteiger charge is -2.25. The first kappa shape index (κ1) is 13.7. The minimum atomic E-state index is 0.109. The summed E-state index contributed by atoms with van der Waals surface area (Å²) in [6.45, 7) is 6.19. The maximum Gasteiger partial charge on any atom is 0.253 e. The Bertz CT molecular complexity index is 473. The van der Waals surface area contributed by atoms with Crippen LogP contribution in [0.15, 0.2) is 29.8 Å². The Labute approximate surface area is 114 Å². The summed E-state index contributed by atoms with van der Waals surface area (Å²) in [7, 11) is 0. The average molecular weight is 259 g/mol. The highest BCUT2D eigenvalue weighted by atomic mass is 16.5. The Morgan fingerprint density at radius 1 is 1.21 bits per heavy atom. The van der Waals surface area contributed by atoms with E-state index in [1.165, 1.54) is 0 Å². The Morgan fingerprint density at radius 3 is 2.58 bits per heavy atom. The normalized spacial score (nSPS) is 13.3. The number of carbonyl (C=O) groups is 1. The summed E-state index contributed by atoms with van der Waals surface area (Å²) in [5, 5.41) is 0. The molecule has 0 radical (unpaired) electrons. The molecule has 2 rings (SSSR count). The van der Waals surface area contributed by atoms with Crippen molar-refractivity contribution in [2.45, 2.75) is 26.7 Å². The van der Waals surface area contributed by atoms with Gasteiger partial charge in [-0.1, -0.05) is 32.0 Å². The van der Waals surface area contributed by atoms with Crippen LogP contribution in [-0.4, -0.2) is 30.5 Å². The molecule has 0 spiro atoms. The van der Waals surface area contributed by atoms with Crippen LogP contribution in [0, 0.1) is 0 Å². The van der Waals surface area contributed by atoms with E-state index in [1.807, 2.05) is 35.2 Å². The number of hydrogen-bond donors (Lipinski definition) is 0. The van der Waals surface area contributed by atoms with Crippen LogP contribution in [0.1, 0.15) is 32.3 Å². The number of fused-ring (bicyclic) bond motifs is 1. The minimum absolute atomic E-state index is 0.109. The molecule has 19 heavy (non-hydrogen) atoms. The number of rotatable bonds is 5. The summed E-state index contributed by atoms with van der Waals surface area (Å²) in [5.74, 6) is 0.967. The van der Waals surface area contributed by atoms with E-state index in [2.05, 4.69) is 13.8 Å². The first-order valence-corrected chi connectivity index (χ1v) is 6.98. The molecule has 0 saturated heterocycles. The van der Waals surface area contributed by atoms with Gasteiger partial charge in [0.25, 0.3) is 5.91 Å². The van der Waals surface area contributed by atoms with Gasteiger partial charge in [-0.2, -0.15) is 0 Å². The molecule has 0 atom stereocenters. The van der Waals surface area contributed by atoms with E-state index in [9.17, 15) is 4.79 Å². The van der Waals surface area contributed by atoms with Gasteiger partial charge in [-0.3, -0.25) is 4.79 Å². The smallest absolute Gasteiger partial charge is 0.253 e. The molecule has 1 amide bonds. The predicted molar refractivity (Wildman–Crippen MR) is 77.1 cm³/mol. The molecule has 0 fully saturated rings. The fourth-order valence-corrected chi connectivity index (χ4v) is 2.30. The van der Waals surface area contributed by atoms with Crippen molar-refractivity contribution < 1.29 is 9.53 Å². The lowest BCUT2D eigenvalue weighted by atomic mass is 10.1. The highest BCUT2D eigenvalue weighted by Gasteiger charge is 2.21. The highest BCUT2D eigenvalue weighted by Crippen LogP contribution is 2.26. The van der Waals surface area contributed by atoms with Crippen LogP contribution in [-0.2, 0) is 4.79 Å². The number of carbonyl (C=O) groups excluding carboxylic acids is 1. The maximum absolute atomic E-state index is 12.5. The van der Waals surface area contributed by atoms with Gasteiger partial charge in [0, 0.05) is 18.7 Å². The number of hydrogen-bond acceptors (Lipinski definition) is 2.